The number of anilines is 3. The fourth-order valence-corrected chi connectivity index (χ4v) is 4.10. The summed E-state index contributed by atoms with van der Waals surface area (Å²) in [5.74, 6) is 2.23. The highest BCUT2D eigenvalue weighted by molar-refractivity contribution is 5.93. The maximum absolute atomic E-state index is 12.1. The number of hydrogen-bond acceptors (Lipinski definition) is 6. The quantitative estimate of drug-likeness (QED) is 0.783. The minimum Gasteiger partial charge on any atom is -0.396 e. The molecule has 3 heterocycles. The molecule has 0 bridgehead atoms. The van der Waals surface area contributed by atoms with Crippen LogP contribution in [-0.2, 0) is 11.3 Å². The van der Waals surface area contributed by atoms with Crippen molar-refractivity contribution in [3.05, 3.63) is 42.2 Å². The lowest BCUT2D eigenvalue weighted by Crippen LogP contribution is -2.37. The van der Waals surface area contributed by atoms with E-state index in [0.717, 1.165) is 68.2 Å². The van der Waals surface area contributed by atoms with Gasteiger partial charge in [-0.25, -0.2) is 9.97 Å². The van der Waals surface area contributed by atoms with Crippen molar-refractivity contribution in [2.24, 2.45) is 5.92 Å². The number of rotatable bonds is 6. The summed E-state index contributed by atoms with van der Waals surface area (Å²) >= 11 is 0. The molecule has 29 heavy (non-hydrogen) atoms. The Hall–Kier alpha value is -2.67. The Balaban J connectivity index is 1.36. The molecule has 2 N–H and O–H groups in total. The number of benzene rings is 1. The number of carbonyl (C=O) groups is 1. The van der Waals surface area contributed by atoms with E-state index in [4.69, 9.17) is 0 Å². The van der Waals surface area contributed by atoms with Gasteiger partial charge in [0.1, 0.15) is 18.0 Å². The van der Waals surface area contributed by atoms with Crippen LogP contribution in [-0.4, -0.2) is 47.2 Å². The van der Waals surface area contributed by atoms with E-state index in [1.165, 1.54) is 0 Å². The standard InChI is InChI=1S/C22H29N5O2/c28-15-18-4-3-10-26(14-18)21-12-20(24-16-25-21)23-13-17-6-8-19(9-7-17)27-11-2-1-5-22(27)29/h6-9,12,16,18,28H,1-5,10-11,13-15H2,(H,23,24,25). The van der Waals surface area contributed by atoms with Gasteiger partial charge < -0.3 is 20.2 Å². The summed E-state index contributed by atoms with van der Waals surface area (Å²) in [5, 5.41) is 12.8. The third kappa shape index (κ3) is 4.85. The third-order valence-corrected chi connectivity index (χ3v) is 5.80. The van der Waals surface area contributed by atoms with Crippen LogP contribution in [0.4, 0.5) is 17.3 Å². The maximum Gasteiger partial charge on any atom is 0.226 e. The van der Waals surface area contributed by atoms with Gasteiger partial charge in [0.25, 0.3) is 0 Å². The molecule has 0 radical (unpaired) electrons. The number of carbonyl (C=O) groups excluding carboxylic acids is 1. The van der Waals surface area contributed by atoms with Crippen LogP contribution in [0.1, 0.15) is 37.7 Å². The first-order valence-electron chi connectivity index (χ1n) is 10.5. The number of hydrogen-bond donors (Lipinski definition) is 2. The Bertz CT molecular complexity index is 826. The molecule has 0 saturated carbocycles. The molecule has 0 aliphatic carbocycles. The molecule has 2 aromatic rings. The Labute approximate surface area is 171 Å². The summed E-state index contributed by atoms with van der Waals surface area (Å²) < 4.78 is 0. The molecule has 2 aliphatic rings. The summed E-state index contributed by atoms with van der Waals surface area (Å²) in [4.78, 5) is 24.9. The van der Waals surface area contributed by atoms with Crippen LogP contribution < -0.4 is 15.1 Å². The lowest BCUT2D eigenvalue weighted by molar-refractivity contribution is -0.119. The Kier molecular flexibility index (Phi) is 6.24. The summed E-state index contributed by atoms with van der Waals surface area (Å²) in [5.41, 5.74) is 2.11. The number of piperidine rings is 2. The van der Waals surface area contributed by atoms with Crippen LogP contribution in [0.3, 0.4) is 0 Å². The van der Waals surface area contributed by atoms with E-state index in [2.05, 4.69) is 32.3 Å². The molecular formula is C22H29N5O2. The molecule has 2 fully saturated rings. The summed E-state index contributed by atoms with van der Waals surface area (Å²) in [7, 11) is 0. The van der Waals surface area contributed by atoms with Crippen molar-refractivity contribution < 1.29 is 9.90 Å². The molecule has 2 aliphatic heterocycles. The molecular weight excluding hydrogens is 366 g/mol. The lowest BCUT2D eigenvalue weighted by atomic mass is 9.99. The first-order valence-corrected chi connectivity index (χ1v) is 10.5. The highest BCUT2D eigenvalue weighted by Gasteiger charge is 2.21. The molecule has 2 saturated heterocycles. The Morgan fingerprint density at radius 3 is 2.76 bits per heavy atom. The van der Waals surface area contributed by atoms with Gasteiger partial charge in [-0.15, -0.1) is 0 Å². The minimum absolute atomic E-state index is 0.219. The average molecular weight is 396 g/mol. The molecule has 7 nitrogen and oxygen atoms in total. The van der Waals surface area contributed by atoms with E-state index in [-0.39, 0.29) is 12.5 Å². The predicted molar refractivity (Wildman–Crippen MR) is 114 cm³/mol. The van der Waals surface area contributed by atoms with Gasteiger partial charge in [0.2, 0.25) is 5.91 Å². The van der Waals surface area contributed by atoms with Crippen LogP contribution >= 0.6 is 0 Å². The van der Waals surface area contributed by atoms with Crippen molar-refractivity contribution in [1.82, 2.24) is 9.97 Å². The zero-order chi connectivity index (χ0) is 20.1. The van der Waals surface area contributed by atoms with E-state index in [1.807, 2.05) is 23.1 Å². The molecule has 1 atom stereocenters. The first kappa shape index (κ1) is 19.6. The van der Waals surface area contributed by atoms with Crippen molar-refractivity contribution in [2.75, 3.05) is 41.4 Å². The second-order valence-corrected chi connectivity index (χ2v) is 7.92. The number of nitrogens with one attached hydrogen (secondary N) is 1. The van der Waals surface area contributed by atoms with E-state index in [9.17, 15) is 9.90 Å². The molecule has 4 rings (SSSR count). The zero-order valence-electron chi connectivity index (χ0n) is 16.8. The van der Waals surface area contributed by atoms with Crippen LogP contribution in [0.25, 0.3) is 0 Å². The van der Waals surface area contributed by atoms with Gasteiger partial charge >= 0.3 is 0 Å². The van der Waals surface area contributed by atoms with Crippen molar-refractivity contribution in [1.29, 1.82) is 0 Å². The van der Waals surface area contributed by atoms with Gasteiger partial charge in [-0.05, 0) is 49.3 Å². The van der Waals surface area contributed by atoms with Crippen LogP contribution in [0, 0.1) is 5.92 Å². The second kappa shape index (κ2) is 9.22. The molecule has 1 unspecified atom stereocenters. The van der Waals surface area contributed by atoms with Crippen LogP contribution in [0.5, 0.6) is 0 Å². The van der Waals surface area contributed by atoms with Gasteiger partial charge in [-0.2, -0.15) is 0 Å². The van der Waals surface area contributed by atoms with Crippen LogP contribution in [0.2, 0.25) is 0 Å². The lowest BCUT2D eigenvalue weighted by Gasteiger charge is -2.32. The average Bonchev–Trinajstić information content (AvgIpc) is 2.79. The van der Waals surface area contributed by atoms with Crippen molar-refractivity contribution in [3.63, 3.8) is 0 Å². The molecule has 1 amide bonds. The van der Waals surface area contributed by atoms with Crippen molar-refractivity contribution in [3.8, 4) is 0 Å². The monoisotopic (exact) mass is 395 g/mol. The Morgan fingerprint density at radius 2 is 1.97 bits per heavy atom. The topological polar surface area (TPSA) is 81.6 Å². The van der Waals surface area contributed by atoms with Gasteiger partial charge in [-0.3, -0.25) is 4.79 Å². The second-order valence-electron chi connectivity index (χ2n) is 7.92. The first-order chi connectivity index (χ1) is 14.2. The third-order valence-electron chi connectivity index (χ3n) is 5.80. The van der Waals surface area contributed by atoms with E-state index >= 15 is 0 Å². The SMILES string of the molecule is O=C1CCCCN1c1ccc(CNc2cc(N3CCCC(CO)C3)ncn2)cc1. The highest BCUT2D eigenvalue weighted by atomic mass is 16.3. The van der Waals surface area contributed by atoms with E-state index in [1.54, 1.807) is 6.33 Å². The molecule has 0 spiro atoms. The summed E-state index contributed by atoms with van der Waals surface area (Å²) in [6.07, 6.45) is 6.45. The van der Waals surface area contributed by atoms with Crippen molar-refractivity contribution >= 4 is 23.2 Å². The van der Waals surface area contributed by atoms with E-state index < -0.39 is 0 Å². The summed E-state index contributed by atoms with van der Waals surface area (Å²) in [6, 6.07) is 10.1. The predicted octanol–water partition coefficient (Wildman–Crippen LogP) is 2.81. The van der Waals surface area contributed by atoms with Gasteiger partial charge in [0.15, 0.2) is 0 Å². The maximum atomic E-state index is 12.1. The molecule has 7 heteroatoms. The van der Waals surface area contributed by atoms with E-state index in [0.29, 0.717) is 18.9 Å². The largest absolute Gasteiger partial charge is 0.396 e. The van der Waals surface area contributed by atoms with Crippen molar-refractivity contribution in [2.45, 2.75) is 38.6 Å². The highest BCUT2D eigenvalue weighted by Crippen LogP contribution is 2.24. The number of aliphatic hydroxyl groups excluding tert-OH is 1. The molecule has 1 aromatic carbocycles. The number of aliphatic hydroxyl groups is 1. The fraction of sp³-hybridized carbons (Fsp3) is 0.500. The summed E-state index contributed by atoms with van der Waals surface area (Å²) in [6.45, 7) is 3.50. The van der Waals surface area contributed by atoms with Crippen LogP contribution in [0.15, 0.2) is 36.7 Å². The number of aromatic nitrogens is 2. The van der Waals surface area contributed by atoms with Gasteiger partial charge in [0, 0.05) is 51.0 Å². The number of nitrogens with zero attached hydrogens (tertiary/aromatic N) is 4. The smallest absolute Gasteiger partial charge is 0.226 e. The molecule has 154 valence electrons. The van der Waals surface area contributed by atoms with Gasteiger partial charge in [-0.1, -0.05) is 12.1 Å². The zero-order valence-corrected chi connectivity index (χ0v) is 16.8. The molecule has 1 aromatic heterocycles. The normalized spacial score (nSPS) is 20.0. The fourth-order valence-electron chi connectivity index (χ4n) is 4.10. The minimum atomic E-state index is 0.219. The van der Waals surface area contributed by atoms with Gasteiger partial charge in [0.05, 0.1) is 0 Å². The number of amides is 1. The Morgan fingerprint density at radius 1 is 1.10 bits per heavy atom.